The minimum Gasteiger partial charge on any atom is -0.497 e. The standard InChI is InChI=1S/C12H12N2O3S/c1-3-17-12(15)10-7-18-11(14-10)9-6-8(16-2)4-5-13-9/h4-7H,3H2,1-2H3. The molecule has 0 aliphatic rings. The maximum absolute atomic E-state index is 11.5. The van der Waals surface area contributed by atoms with E-state index in [1.165, 1.54) is 11.3 Å². The van der Waals surface area contributed by atoms with Crippen LogP contribution in [0.4, 0.5) is 0 Å². The van der Waals surface area contributed by atoms with Crippen molar-refractivity contribution in [3.8, 4) is 16.5 Å². The van der Waals surface area contributed by atoms with Crippen LogP contribution in [0.3, 0.4) is 0 Å². The van der Waals surface area contributed by atoms with Gasteiger partial charge in [0.15, 0.2) is 5.69 Å². The predicted octanol–water partition coefficient (Wildman–Crippen LogP) is 2.39. The topological polar surface area (TPSA) is 61.3 Å². The zero-order valence-corrected chi connectivity index (χ0v) is 10.9. The monoisotopic (exact) mass is 264 g/mol. The molecule has 18 heavy (non-hydrogen) atoms. The minimum atomic E-state index is -0.414. The average Bonchev–Trinajstić information content (AvgIpc) is 2.89. The van der Waals surface area contributed by atoms with E-state index in [0.717, 1.165) is 0 Å². The second kappa shape index (κ2) is 5.59. The molecule has 0 saturated carbocycles. The normalized spacial score (nSPS) is 10.1. The van der Waals surface area contributed by atoms with Gasteiger partial charge in [0.25, 0.3) is 0 Å². The number of esters is 1. The number of nitrogens with zero attached hydrogens (tertiary/aromatic N) is 2. The molecule has 0 aliphatic heterocycles. The maximum atomic E-state index is 11.5. The average molecular weight is 264 g/mol. The third-order valence-electron chi connectivity index (χ3n) is 2.17. The first kappa shape index (κ1) is 12.5. The quantitative estimate of drug-likeness (QED) is 0.793. The Labute approximate surface area is 108 Å². The molecule has 0 atom stereocenters. The Bertz CT molecular complexity index is 554. The zero-order chi connectivity index (χ0) is 13.0. The zero-order valence-electron chi connectivity index (χ0n) is 10.0. The van der Waals surface area contributed by atoms with Crippen LogP contribution in [-0.2, 0) is 4.74 Å². The summed E-state index contributed by atoms with van der Waals surface area (Å²) in [5.41, 5.74) is 0.983. The van der Waals surface area contributed by atoms with E-state index >= 15 is 0 Å². The Balaban J connectivity index is 2.26. The SMILES string of the molecule is CCOC(=O)c1csc(-c2cc(OC)ccn2)n1. The summed E-state index contributed by atoms with van der Waals surface area (Å²) < 4.78 is 10.00. The first-order chi connectivity index (χ1) is 8.74. The third kappa shape index (κ3) is 2.65. The van der Waals surface area contributed by atoms with Gasteiger partial charge < -0.3 is 9.47 Å². The number of aromatic nitrogens is 2. The fourth-order valence-corrected chi connectivity index (χ4v) is 2.10. The summed E-state index contributed by atoms with van der Waals surface area (Å²) >= 11 is 1.35. The first-order valence-electron chi connectivity index (χ1n) is 5.37. The second-order valence-corrected chi connectivity index (χ2v) is 4.20. The molecular weight excluding hydrogens is 252 g/mol. The summed E-state index contributed by atoms with van der Waals surface area (Å²) in [6.45, 7) is 2.10. The highest BCUT2D eigenvalue weighted by atomic mass is 32.1. The van der Waals surface area contributed by atoms with Gasteiger partial charge in [-0.15, -0.1) is 11.3 Å². The second-order valence-electron chi connectivity index (χ2n) is 3.34. The number of thiazole rings is 1. The number of carbonyl (C=O) groups excluding carboxylic acids is 1. The van der Waals surface area contributed by atoms with Crippen LogP contribution in [0, 0.1) is 0 Å². The number of carbonyl (C=O) groups is 1. The smallest absolute Gasteiger partial charge is 0.357 e. The van der Waals surface area contributed by atoms with Crippen LogP contribution in [0.25, 0.3) is 10.7 Å². The van der Waals surface area contributed by atoms with Gasteiger partial charge in [0.1, 0.15) is 16.5 Å². The van der Waals surface area contributed by atoms with Crippen molar-refractivity contribution in [1.82, 2.24) is 9.97 Å². The van der Waals surface area contributed by atoms with Crippen LogP contribution in [0.1, 0.15) is 17.4 Å². The Kier molecular flexibility index (Phi) is 3.88. The van der Waals surface area contributed by atoms with Crippen molar-refractivity contribution in [3.05, 3.63) is 29.4 Å². The lowest BCUT2D eigenvalue weighted by Crippen LogP contribution is -2.04. The number of rotatable bonds is 4. The van der Waals surface area contributed by atoms with Gasteiger partial charge in [-0.3, -0.25) is 4.98 Å². The van der Waals surface area contributed by atoms with Crippen LogP contribution in [-0.4, -0.2) is 29.7 Å². The lowest BCUT2D eigenvalue weighted by molar-refractivity contribution is 0.0520. The molecular formula is C12H12N2O3S. The molecule has 0 spiro atoms. The molecule has 6 heteroatoms. The molecule has 0 saturated heterocycles. The number of hydrogen-bond acceptors (Lipinski definition) is 6. The van der Waals surface area contributed by atoms with Crippen molar-refractivity contribution in [2.45, 2.75) is 6.92 Å². The summed E-state index contributed by atoms with van der Waals surface area (Å²) in [4.78, 5) is 19.9. The van der Waals surface area contributed by atoms with E-state index < -0.39 is 5.97 Å². The molecule has 2 aromatic rings. The Hall–Kier alpha value is -1.95. The lowest BCUT2D eigenvalue weighted by Gasteiger charge is -2.00. The number of ether oxygens (including phenoxy) is 2. The molecule has 0 fully saturated rings. The van der Waals surface area contributed by atoms with E-state index in [0.29, 0.717) is 28.8 Å². The fraction of sp³-hybridized carbons (Fsp3) is 0.250. The largest absolute Gasteiger partial charge is 0.497 e. The van der Waals surface area contributed by atoms with E-state index in [4.69, 9.17) is 9.47 Å². The third-order valence-corrected chi connectivity index (χ3v) is 3.04. The van der Waals surface area contributed by atoms with Gasteiger partial charge in [0.2, 0.25) is 0 Å². The van der Waals surface area contributed by atoms with Gasteiger partial charge in [-0.2, -0.15) is 0 Å². The molecule has 0 aromatic carbocycles. The van der Waals surface area contributed by atoms with Gasteiger partial charge in [0.05, 0.1) is 13.7 Å². The van der Waals surface area contributed by atoms with E-state index in [1.807, 2.05) is 0 Å². The van der Waals surface area contributed by atoms with Crippen molar-refractivity contribution in [2.24, 2.45) is 0 Å². The molecule has 0 unspecified atom stereocenters. The van der Waals surface area contributed by atoms with Gasteiger partial charge in [-0.1, -0.05) is 0 Å². The molecule has 94 valence electrons. The van der Waals surface area contributed by atoms with Gasteiger partial charge in [-0.25, -0.2) is 9.78 Å². The van der Waals surface area contributed by atoms with E-state index in [9.17, 15) is 4.79 Å². The molecule has 0 amide bonds. The maximum Gasteiger partial charge on any atom is 0.357 e. The Morgan fingerprint density at radius 2 is 2.33 bits per heavy atom. The highest BCUT2D eigenvalue weighted by molar-refractivity contribution is 7.13. The summed E-state index contributed by atoms with van der Waals surface area (Å²) in [5.74, 6) is 0.288. The van der Waals surface area contributed by atoms with Crippen molar-refractivity contribution < 1.29 is 14.3 Å². The molecule has 0 bridgehead atoms. The van der Waals surface area contributed by atoms with Crippen LogP contribution in [0.5, 0.6) is 5.75 Å². The molecule has 0 aliphatic carbocycles. The molecule has 0 radical (unpaired) electrons. The lowest BCUT2D eigenvalue weighted by atomic mass is 10.3. The summed E-state index contributed by atoms with van der Waals surface area (Å²) in [7, 11) is 1.59. The molecule has 0 N–H and O–H groups in total. The Morgan fingerprint density at radius 1 is 1.50 bits per heavy atom. The van der Waals surface area contributed by atoms with Crippen LogP contribution in [0.15, 0.2) is 23.7 Å². The van der Waals surface area contributed by atoms with Gasteiger partial charge in [-0.05, 0) is 13.0 Å². The van der Waals surface area contributed by atoms with E-state index in [2.05, 4.69) is 9.97 Å². The van der Waals surface area contributed by atoms with Crippen molar-refractivity contribution in [3.63, 3.8) is 0 Å². The molecule has 2 aromatic heterocycles. The molecule has 2 heterocycles. The van der Waals surface area contributed by atoms with Crippen molar-refractivity contribution in [1.29, 1.82) is 0 Å². The van der Waals surface area contributed by atoms with Crippen LogP contribution in [0.2, 0.25) is 0 Å². The van der Waals surface area contributed by atoms with Crippen molar-refractivity contribution in [2.75, 3.05) is 13.7 Å². The summed E-state index contributed by atoms with van der Waals surface area (Å²) in [5, 5.41) is 2.33. The highest BCUT2D eigenvalue weighted by Crippen LogP contribution is 2.24. The van der Waals surface area contributed by atoms with Crippen LogP contribution < -0.4 is 4.74 Å². The van der Waals surface area contributed by atoms with Crippen molar-refractivity contribution >= 4 is 17.3 Å². The fourth-order valence-electron chi connectivity index (χ4n) is 1.35. The Morgan fingerprint density at radius 3 is 3.06 bits per heavy atom. The minimum absolute atomic E-state index is 0.307. The number of hydrogen-bond donors (Lipinski definition) is 0. The summed E-state index contributed by atoms with van der Waals surface area (Å²) in [6, 6.07) is 3.52. The van der Waals surface area contributed by atoms with Gasteiger partial charge >= 0.3 is 5.97 Å². The van der Waals surface area contributed by atoms with Gasteiger partial charge in [0, 0.05) is 17.6 Å². The van der Waals surface area contributed by atoms with E-state index in [-0.39, 0.29) is 0 Å². The highest BCUT2D eigenvalue weighted by Gasteiger charge is 2.13. The summed E-state index contributed by atoms with van der Waals surface area (Å²) in [6.07, 6.45) is 1.64. The molecule has 2 rings (SSSR count). The number of methoxy groups -OCH3 is 1. The number of pyridine rings is 1. The first-order valence-corrected chi connectivity index (χ1v) is 6.25. The van der Waals surface area contributed by atoms with Crippen LogP contribution >= 0.6 is 11.3 Å². The van der Waals surface area contributed by atoms with E-state index in [1.54, 1.807) is 37.7 Å². The molecule has 5 nitrogen and oxygen atoms in total. The predicted molar refractivity (Wildman–Crippen MR) is 67.9 cm³/mol.